The van der Waals surface area contributed by atoms with Gasteiger partial charge in [-0.2, -0.15) is 0 Å². The Morgan fingerprint density at radius 3 is 2.04 bits per heavy atom. The van der Waals surface area contributed by atoms with Gasteiger partial charge in [-0.3, -0.25) is 9.59 Å². The number of methoxy groups -OCH3 is 1. The lowest BCUT2D eigenvalue weighted by atomic mass is 9.69. The maximum Gasteiger partial charge on any atom is 0.311 e. The molecule has 8 unspecified atom stereocenters. The summed E-state index contributed by atoms with van der Waals surface area (Å²) in [7, 11) is 5.31. The van der Waals surface area contributed by atoms with Crippen molar-refractivity contribution in [3.05, 3.63) is 0 Å². The number of Topliss-reactive ketones (excluding diaryl/α,β-unsaturated/α-hetero) is 1. The lowest BCUT2D eigenvalue weighted by Gasteiger charge is -2.49. The first-order chi connectivity index (χ1) is 23.4. The molecule has 13 nitrogen and oxygen atoms in total. The van der Waals surface area contributed by atoms with E-state index >= 15 is 0 Å². The second-order valence-electron chi connectivity index (χ2n) is 17.1. The molecule has 3 fully saturated rings. The number of ether oxygens (including phenoxy) is 6. The Morgan fingerprint density at radius 1 is 0.882 bits per heavy atom. The predicted molar refractivity (Wildman–Crippen MR) is 189 cm³/mol. The van der Waals surface area contributed by atoms with Crippen molar-refractivity contribution >= 4 is 11.8 Å². The topological polar surface area (TPSA) is 174 Å². The number of hydrogen-bond acceptors (Lipinski definition) is 13. The molecule has 0 aromatic rings. The number of carbonyl (C=O) groups is 2. The minimum absolute atomic E-state index is 0.156. The van der Waals surface area contributed by atoms with Crippen molar-refractivity contribution in [3.63, 3.8) is 0 Å². The molecular weight excluding hydrogens is 662 g/mol. The van der Waals surface area contributed by atoms with E-state index in [-0.39, 0.29) is 30.8 Å². The third-order valence-corrected chi connectivity index (χ3v) is 12.1. The maximum absolute atomic E-state index is 14.1. The predicted octanol–water partition coefficient (Wildman–Crippen LogP) is 3.06. The Labute approximate surface area is 305 Å². The monoisotopic (exact) mass is 731 g/mol. The Balaban J connectivity index is 2.18. The van der Waals surface area contributed by atoms with Crippen LogP contribution in [0.15, 0.2) is 0 Å². The average molecular weight is 732 g/mol. The molecule has 3 saturated heterocycles. The molecular formula is C38H69NO12. The number of cyclic esters (lactones) is 1. The van der Waals surface area contributed by atoms with Crippen molar-refractivity contribution < 1.29 is 58.4 Å². The van der Waals surface area contributed by atoms with Crippen molar-refractivity contribution in [1.82, 2.24) is 4.90 Å². The normalized spacial score (nSPS) is 47.9. The van der Waals surface area contributed by atoms with E-state index in [0.717, 1.165) is 0 Å². The SMILES string of the molecule is CC[C@H]1OC(=O)[C@H](C)[C@@H](OC2CC(C)(OC)C(O)C(C)O2)[C@H](C)[C@@H](OC2OC(C)CC(N(C)C)C2O)C(C)(C)C[C@@H](C)C(=O)[C@H](C)[C@@H](O)[C@]1(C)O. The Kier molecular flexibility index (Phi) is 14.7. The number of rotatable bonds is 7. The van der Waals surface area contributed by atoms with Gasteiger partial charge in [0.1, 0.15) is 29.7 Å². The number of esters is 1. The number of nitrogens with zero attached hydrogens (tertiary/aromatic N) is 1. The lowest BCUT2D eigenvalue weighted by Crippen LogP contribution is -2.60. The Morgan fingerprint density at radius 2 is 1.49 bits per heavy atom. The summed E-state index contributed by atoms with van der Waals surface area (Å²) in [4.78, 5) is 30.0. The fourth-order valence-electron chi connectivity index (χ4n) is 8.76. The Bertz CT molecular complexity index is 1170. The van der Waals surface area contributed by atoms with Crippen molar-refractivity contribution in [3.8, 4) is 0 Å². The molecule has 0 saturated carbocycles. The van der Waals surface area contributed by atoms with Crippen molar-refractivity contribution in [2.24, 2.45) is 29.1 Å². The number of likely N-dealkylation sites (N-methyl/N-ethyl adjacent to an activating group) is 1. The fourth-order valence-corrected chi connectivity index (χ4v) is 8.76. The molecule has 17 atom stereocenters. The van der Waals surface area contributed by atoms with E-state index in [1.165, 1.54) is 14.0 Å². The van der Waals surface area contributed by atoms with E-state index in [4.69, 9.17) is 28.4 Å². The van der Waals surface area contributed by atoms with Crippen LogP contribution in [0.5, 0.6) is 0 Å². The van der Waals surface area contributed by atoms with Crippen LogP contribution in [-0.4, -0.2) is 137 Å². The summed E-state index contributed by atoms with van der Waals surface area (Å²) in [5.74, 6) is -4.01. The summed E-state index contributed by atoms with van der Waals surface area (Å²) < 4.78 is 37.7. The third kappa shape index (κ3) is 9.52. The van der Waals surface area contributed by atoms with E-state index in [9.17, 15) is 30.0 Å². The first-order valence-corrected chi connectivity index (χ1v) is 18.8. The molecule has 3 aliphatic rings. The molecule has 4 N–H and O–H groups in total. The van der Waals surface area contributed by atoms with Crippen molar-refractivity contribution in [2.45, 2.75) is 181 Å². The minimum atomic E-state index is -1.93. The molecule has 51 heavy (non-hydrogen) atoms. The smallest absolute Gasteiger partial charge is 0.311 e. The summed E-state index contributed by atoms with van der Waals surface area (Å²) in [5.41, 5.74) is -3.73. The van der Waals surface area contributed by atoms with Crippen molar-refractivity contribution in [2.75, 3.05) is 21.2 Å². The van der Waals surface area contributed by atoms with Crippen LogP contribution in [0.3, 0.4) is 0 Å². The first-order valence-electron chi connectivity index (χ1n) is 18.8. The summed E-state index contributed by atoms with van der Waals surface area (Å²) in [5, 5.41) is 45.5. The van der Waals surface area contributed by atoms with Crippen LogP contribution in [0.4, 0.5) is 0 Å². The highest BCUT2D eigenvalue weighted by Crippen LogP contribution is 2.43. The highest BCUT2D eigenvalue weighted by atomic mass is 16.7. The van der Waals surface area contributed by atoms with Crippen molar-refractivity contribution in [1.29, 1.82) is 0 Å². The molecule has 0 amide bonds. The fraction of sp³-hybridized carbons (Fsp3) is 0.947. The molecule has 0 aromatic carbocycles. The summed E-state index contributed by atoms with van der Waals surface area (Å²) in [6.45, 7) is 19.4. The number of aliphatic hydroxyl groups excluding tert-OH is 3. The number of ketones is 1. The molecule has 13 heteroatoms. The van der Waals surface area contributed by atoms with E-state index in [1.54, 1.807) is 41.5 Å². The second kappa shape index (κ2) is 17.0. The van der Waals surface area contributed by atoms with Gasteiger partial charge in [-0.1, -0.05) is 41.5 Å². The number of aliphatic hydroxyl groups is 4. The second-order valence-corrected chi connectivity index (χ2v) is 17.1. The van der Waals surface area contributed by atoms with Gasteiger partial charge in [-0.15, -0.1) is 0 Å². The van der Waals surface area contributed by atoms with Crippen LogP contribution in [0, 0.1) is 29.1 Å². The molecule has 0 bridgehead atoms. The van der Waals surface area contributed by atoms with Gasteiger partial charge in [0.15, 0.2) is 12.6 Å². The van der Waals surface area contributed by atoms with Gasteiger partial charge in [0.25, 0.3) is 0 Å². The van der Waals surface area contributed by atoms with Gasteiger partial charge >= 0.3 is 5.97 Å². The molecule has 298 valence electrons. The molecule has 0 aromatic heterocycles. The van der Waals surface area contributed by atoms with Gasteiger partial charge in [-0.25, -0.2) is 0 Å². The summed E-state index contributed by atoms with van der Waals surface area (Å²) in [6, 6.07) is -0.242. The molecule has 3 rings (SSSR count). The quantitative estimate of drug-likeness (QED) is 0.282. The van der Waals surface area contributed by atoms with E-state index in [1.807, 2.05) is 46.7 Å². The zero-order valence-electron chi connectivity index (χ0n) is 33.5. The zero-order chi connectivity index (χ0) is 39.0. The van der Waals surface area contributed by atoms with Crippen LogP contribution in [0.2, 0.25) is 0 Å². The summed E-state index contributed by atoms with van der Waals surface area (Å²) in [6.07, 6.45) is -7.84. The van der Waals surface area contributed by atoms with Gasteiger partial charge < -0.3 is 53.7 Å². The van der Waals surface area contributed by atoms with E-state index < -0.39 is 102 Å². The number of hydrogen-bond donors (Lipinski definition) is 4. The molecule has 3 aliphatic heterocycles. The molecule has 0 spiro atoms. The van der Waals surface area contributed by atoms with Gasteiger partial charge in [0, 0.05) is 37.3 Å². The molecule has 0 radical (unpaired) electrons. The minimum Gasteiger partial charge on any atom is -0.459 e. The van der Waals surface area contributed by atoms with Gasteiger partial charge in [-0.05, 0) is 73.4 Å². The highest BCUT2D eigenvalue weighted by molar-refractivity contribution is 5.83. The zero-order valence-corrected chi connectivity index (χ0v) is 33.5. The third-order valence-electron chi connectivity index (χ3n) is 12.1. The number of carbonyl (C=O) groups excluding carboxylic acids is 2. The van der Waals surface area contributed by atoms with Crippen LogP contribution >= 0.6 is 0 Å². The first kappa shape index (κ1) is 44.1. The van der Waals surface area contributed by atoms with Crippen LogP contribution in [0.1, 0.15) is 102 Å². The molecule has 3 heterocycles. The maximum atomic E-state index is 14.1. The standard InChI is InChI=1S/C38H69NO12/c1-15-26-38(11,45)31(42)21(4)28(40)19(2)17-36(8,9)33(51-35-29(41)25(39(12)13)16-20(3)47-35)22(5)30(23(6)34(44)49-26)50-27-18-37(10,46-14)32(43)24(7)48-27/h19-27,29-33,35,41-43,45H,15-18H2,1-14H3/t19-,20?,21+,22+,23-,24?,25?,26-,27?,29?,30+,31-,32?,33-,35?,37?,38-/m1/s1. The van der Waals surface area contributed by atoms with Crippen LogP contribution in [-0.2, 0) is 38.0 Å². The van der Waals surface area contributed by atoms with Crippen LogP contribution < -0.4 is 0 Å². The Hall–Kier alpha value is -1.26. The summed E-state index contributed by atoms with van der Waals surface area (Å²) >= 11 is 0. The van der Waals surface area contributed by atoms with Gasteiger partial charge in [0.2, 0.25) is 0 Å². The van der Waals surface area contributed by atoms with Crippen LogP contribution in [0.25, 0.3) is 0 Å². The molecule has 0 aliphatic carbocycles. The largest absolute Gasteiger partial charge is 0.459 e. The van der Waals surface area contributed by atoms with E-state index in [2.05, 4.69) is 0 Å². The van der Waals surface area contributed by atoms with E-state index in [0.29, 0.717) is 12.8 Å². The average Bonchev–Trinajstić information content (AvgIpc) is 3.05. The lowest BCUT2D eigenvalue weighted by molar-refractivity contribution is -0.313. The highest BCUT2D eigenvalue weighted by Gasteiger charge is 2.53. The van der Waals surface area contributed by atoms with Gasteiger partial charge in [0.05, 0.1) is 42.0 Å².